The van der Waals surface area contributed by atoms with Crippen LogP contribution in [-0.2, 0) is 44.0 Å². The van der Waals surface area contributed by atoms with Crippen LogP contribution < -0.4 is 11.2 Å². The summed E-state index contributed by atoms with van der Waals surface area (Å²) >= 11 is 0. The molecule has 1 aliphatic heterocycles. The minimum Gasteiger partial charge on any atom is -0.379 e. The van der Waals surface area contributed by atoms with E-state index in [1.54, 1.807) is 16.6 Å². The molecule has 1 unspecified atom stereocenters. The van der Waals surface area contributed by atoms with E-state index in [0.29, 0.717) is 47.1 Å². The number of hydroxylamine groups is 3. The van der Waals surface area contributed by atoms with Crippen LogP contribution >= 0.6 is 12.4 Å². The van der Waals surface area contributed by atoms with Gasteiger partial charge in [0.1, 0.15) is 0 Å². The second kappa shape index (κ2) is 33.9. The maximum absolute atomic E-state index is 13.3. The lowest BCUT2D eigenvalue weighted by Crippen LogP contribution is -2.46. The van der Waals surface area contributed by atoms with Crippen molar-refractivity contribution in [2.45, 2.75) is 180 Å². The van der Waals surface area contributed by atoms with Crippen molar-refractivity contribution < 1.29 is 29.0 Å². The van der Waals surface area contributed by atoms with Crippen LogP contribution in [0.3, 0.4) is 0 Å². The fourth-order valence-electron chi connectivity index (χ4n) is 15.3. The van der Waals surface area contributed by atoms with E-state index in [9.17, 15) is 10.1 Å². The molecule has 20 heteroatoms. The Morgan fingerprint density at radius 1 is 0.610 bits per heavy atom. The van der Waals surface area contributed by atoms with Gasteiger partial charge in [0, 0.05) is 66.9 Å². The van der Waals surface area contributed by atoms with Crippen LogP contribution in [0.1, 0.15) is 136 Å². The maximum Gasteiger partial charge on any atom is 0.220 e. The molecule has 524 valence electrons. The van der Waals surface area contributed by atoms with E-state index < -0.39 is 22.2 Å². The molecule has 7 aliphatic rings. The number of carbonyl (C=O) groups excluding carboxylic acids is 1. The number of rotatable bonds is 11. The number of nitrogens with two attached hydrogens (primary N) is 1. The van der Waals surface area contributed by atoms with Gasteiger partial charge in [-0.05, 0) is 243 Å². The van der Waals surface area contributed by atoms with Gasteiger partial charge in [-0.2, -0.15) is 10.3 Å². The molecule has 1 heterocycles. The van der Waals surface area contributed by atoms with Gasteiger partial charge in [-0.15, -0.1) is 12.4 Å². The van der Waals surface area contributed by atoms with E-state index in [2.05, 4.69) is 136 Å². The largest absolute Gasteiger partial charge is 0.379 e. The second-order valence-corrected chi connectivity index (χ2v) is 38.0. The Kier molecular flexibility index (Phi) is 26.3. The molecular formula is C80H98ClN11O6Si2. The number of nitrogens with zero attached hydrogens (tertiary/aromatic N) is 9. The van der Waals surface area contributed by atoms with Crippen LogP contribution in [0.15, 0.2) is 147 Å². The third-order valence-electron chi connectivity index (χ3n) is 20.1. The first-order valence-corrected chi connectivity index (χ1v) is 41.8. The highest BCUT2D eigenvalue weighted by molar-refractivity contribution is 6.76. The number of benzene rings is 6. The average Bonchev–Trinajstić information content (AvgIpc) is 1.54. The van der Waals surface area contributed by atoms with E-state index in [0.717, 1.165) is 172 Å². The zero-order chi connectivity index (χ0) is 71.2. The van der Waals surface area contributed by atoms with Gasteiger partial charge in [0.25, 0.3) is 0 Å². The quantitative estimate of drug-likeness (QED) is 0.0368. The fraction of sp³-hybridized carbons (Fsp3) is 0.450. The highest BCUT2D eigenvalue weighted by atomic mass is 35.5. The van der Waals surface area contributed by atoms with Crippen molar-refractivity contribution in [3.8, 4) is 39.6 Å². The molecule has 3 saturated carbocycles. The number of nitrogens with one attached hydrogen (secondary N) is 1. The molecule has 0 amide bonds. The third kappa shape index (κ3) is 17.9. The van der Waals surface area contributed by atoms with E-state index in [-0.39, 0.29) is 28.7 Å². The SMILES string of the molecule is CNO.C[Si](C)(C)N=C=N[Si](C)(C)C.Cl.[C-]#[N+]c1cccc(-c2ccc3c(c2)C(=NC#N)C2(CCC(OCC)CC2)C3)c1.[C-]#[N+]c1cccc(-c2ccc3c(c2)C(=O)C2(CCC(OCC)CC2)C3)c1.[C-]#[N+]c1cccc(-c2ccc3c(c2)C2(N=C(N)N(C)O2)C2(CCC(OCC)CC2)C3)c1. The van der Waals surface area contributed by atoms with Crippen molar-refractivity contribution in [1.29, 1.82) is 5.26 Å². The summed E-state index contributed by atoms with van der Waals surface area (Å²) < 4.78 is 26.1. The van der Waals surface area contributed by atoms with Crippen molar-refractivity contribution >= 4 is 69.4 Å². The summed E-state index contributed by atoms with van der Waals surface area (Å²) in [6.45, 7) is 43.2. The molecule has 6 aliphatic carbocycles. The normalized spacial score (nSPS) is 23.9. The highest BCUT2D eigenvalue weighted by Gasteiger charge is 2.63. The number of hydrogen-bond donors (Lipinski definition) is 3. The lowest BCUT2D eigenvalue weighted by molar-refractivity contribution is -0.232. The summed E-state index contributed by atoms with van der Waals surface area (Å²) in [7, 11) is 0.629. The first-order valence-electron chi connectivity index (χ1n) is 34.9. The Bertz CT molecular complexity index is 4160. The molecule has 0 aromatic heterocycles. The molecule has 6 aromatic rings. The van der Waals surface area contributed by atoms with E-state index >= 15 is 0 Å². The summed E-state index contributed by atoms with van der Waals surface area (Å²) in [6, 6.07) is 45.0. The van der Waals surface area contributed by atoms with Gasteiger partial charge in [0.05, 0.1) is 49.7 Å². The number of Topliss-reactive ketones (excluding diaryl/α,β-unsaturated/α-hetero) is 1. The molecule has 100 heavy (non-hydrogen) atoms. The molecule has 0 bridgehead atoms. The molecule has 4 N–H and O–H groups in total. The van der Waals surface area contributed by atoms with Gasteiger partial charge in [-0.1, -0.05) is 91.0 Å². The predicted octanol–water partition coefficient (Wildman–Crippen LogP) is 18.9. The molecule has 3 fully saturated rings. The highest BCUT2D eigenvalue weighted by Crippen LogP contribution is 2.62. The summed E-state index contributed by atoms with van der Waals surface area (Å²) in [5.41, 5.74) is 22.6. The van der Waals surface area contributed by atoms with Gasteiger partial charge in [-0.25, -0.2) is 34.9 Å². The maximum atomic E-state index is 13.3. The van der Waals surface area contributed by atoms with Gasteiger partial charge in [0.2, 0.25) is 17.9 Å². The number of hydrogen-bond acceptors (Lipinski definition) is 14. The van der Waals surface area contributed by atoms with Crippen LogP contribution in [0.5, 0.6) is 0 Å². The number of guanidine groups is 1. The van der Waals surface area contributed by atoms with Crippen LogP contribution in [0.4, 0.5) is 17.1 Å². The molecule has 17 nitrogen and oxygen atoms in total. The number of ketones is 1. The number of carbonyl (C=O) groups is 1. The molecule has 1 atom stereocenters. The van der Waals surface area contributed by atoms with Crippen LogP contribution in [-0.4, -0.2) is 102 Å². The van der Waals surface area contributed by atoms with Crippen LogP contribution in [0.25, 0.3) is 47.9 Å². The monoisotopic (exact) mass is 1400 g/mol. The molecule has 0 saturated heterocycles. The van der Waals surface area contributed by atoms with Gasteiger partial charge >= 0.3 is 0 Å². The van der Waals surface area contributed by atoms with Crippen molar-refractivity contribution in [2.75, 3.05) is 33.9 Å². The van der Waals surface area contributed by atoms with Gasteiger partial charge < -0.3 is 25.2 Å². The zero-order valence-corrected chi connectivity index (χ0v) is 62.9. The predicted molar refractivity (Wildman–Crippen MR) is 408 cm³/mol. The third-order valence-corrected chi connectivity index (χ3v) is 21.6. The Labute approximate surface area is 601 Å². The summed E-state index contributed by atoms with van der Waals surface area (Å²) in [6.07, 6.45) is 17.6. The Balaban J connectivity index is 0.000000174. The van der Waals surface area contributed by atoms with E-state index in [4.69, 9.17) is 54.7 Å². The number of halogens is 1. The Morgan fingerprint density at radius 2 is 1.00 bits per heavy atom. The van der Waals surface area contributed by atoms with Crippen LogP contribution in [0.2, 0.25) is 39.3 Å². The zero-order valence-electron chi connectivity index (χ0n) is 60.1. The number of fused-ring (bicyclic) bond motifs is 5. The van der Waals surface area contributed by atoms with Crippen molar-refractivity contribution in [3.05, 3.63) is 195 Å². The molecule has 0 radical (unpaired) electrons. The van der Waals surface area contributed by atoms with Crippen molar-refractivity contribution in [2.24, 2.45) is 41.3 Å². The molecule has 6 aromatic carbocycles. The summed E-state index contributed by atoms with van der Waals surface area (Å²) in [4.78, 5) is 39.6. The van der Waals surface area contributed by atoms with E-state index in [1.165, 1.54) is 23.7 Å². The van der Waals surface area contributed by atoms with Crippen molar-refractivity contribution in [3.63, 3.8) is 0 Å². The van der Waals surface area contributed by atoms with Gasteiger partial charge in [-0.3, -0.25) is 14.1 Å². The number of aliphatic imine (C=N–C) groups is 2. The molecular weight excluding hydrogens is 1300 g/mol. The molecule has 4 spiro atoms. The average molecular weight is 1400 g/mol. The lowest BCUT2D eigenvalue weighted by atomic mass is 9.66. The number of ether oxygens (including phenoxy) is 3. The smallest absolute Gasteiger partial charge is 0.220 e. The summed E-state index contributed by atoms with van der Waals surface area (Å²) in [5, 5.41) is 18.3. The minimum atomic E-state index is -1.31. The van der Waals surface area contributed by atoms with Crippen LogP contribution in [0, 0.1) is 47.4 Å². The van der Waals surface area contributed by atoms with E-state index in [1.807, 2.05) is 93.7 Å². The summed E-state index contributed by atoms with van der Waals surface area (Å²) in [5.74, 6) is 0.727. The first-order chi connectivity index (χ1) is 47.5. The minimum absolute atomic E-state index is 0. The fourth-order valence-corrected chi connectivity index (χ4v) is 16.1. The Hall–Kier alpha value is -8.25. The Morgan fingerprint density at radius 3 is 1.41 bits per heavy atom. The number of nitriles is 1. The second-order valence-electron chi connectivity index (χ2n) is 28.9. The van der Waals surface area contributed by atoms with Gasteiger partial charge in [0.15, 0.2) is 39.3 Å². The lowest BCUT2D eigenvalue weighted by Gasteiger charge is -2.45. The molecule has 13 rings (SSSR count). The first kappa shape index (κ1) is 77.5. The standard InChI is InChI=1S/C25H28N4O2.C24H23N3O.C23H23NO2.C7H18N2Si2.CH5NO.ClH/c1-4-30-21-10-12-24(13-11-21)16-19-9-8-18(17-6-5-7-20(14-17)27-2)15-22(19)25(24)28-23(26)29(3)31-25;1-3-28-21-9-11-24(12-10-21)15-19-8-7-18(14-22(19)23(24)27-16-25)17-5-4-6-20(13-17)26-2;1-3-26-20-9-11-23(12-10-20)15-18-8-7-17(14-21(18)22(23)25)16-5-4-6-19(13-16)24-2;1-10(2,3)8-7-9-11(4,5)6;1-2-3;/h5-9,14-15,21H,4,10-13,16H2,1,3H3,(H2,26,28);4-8,13-14,21H,3,9-12,15H2,1H3;4-8,13-14,20H,3,9-12,15H2,1H3;1-6H3;2-3H,1H3;1H. The van der Waals surface area contributed by atoms with Crippen molar-refractivity contribution in [1.82, 2.24) is 10.5 Å². The topological polar surface area (TPSA) is 202 Å².